The van der Waals surface area contributed by atoms with Crippen LogP contribution in [0.2, 0.25) is 0 Å². The average molecular weight is 322 g/mol. The Bertz CT molecular complexity index is 240. The van der Waals surface area contributed by atoms with Gasteiger partial charge in [-0.1, -0.05) is 0 Å². The fourth-order valence-electron chi connectivity index (χ4n) is 3.19. The molecule has 2 aliphatic heterocycles. The molecular formula is C14H28O4P2. The second-order valence-electron chi connectivity index (χ2n) is 5.62. The van der Waals surface area contributed by atoms with Gasteiger partial charge in [0.2, 0.25) is 0 Å². The van der Waals surface area contributed by atoms with Gasteiger partial charge >= 0.3 is 0 Å². The lowest BCUT2D eigenvalue weighted by atomic mass is 10.3. The van der Waals surface area contributed by atoms with Crippen molar-refractivity contribution in [2.75, 3.05) is 65.4 Å². The van der Waals surface area contributed by atoms with Gasteiger partial charge in [-0.3, -0.25) is 0 Å². The van der Waals surface area contributed by atoms with Crippen molar-refractivity contribution < 1.29 is 18.9 Å². The van der Waals surface area contributed by atoms with Crippen LogP contribution in [0.1, 0.15) is 0 Å². The van der Waals surface area contributed by atoms with Gasteiger partial charge in [-0.05, 0) is 37.0 Å². The number of methoxy groups -OCH3 is 4. The van der Waals surface area contributed by atoms with Gasteiger partial charge in [0.1, 0.15) is 0 Å². The van der Waals surface area contributed by atoms with E-state index in [1.165, 1.54) is 37.0 Å². The minimum atomic E-state index is 0.0959. The molecule has 2 heterocycles. The first-order valence-electron chi connectivity index (χ1n) is 7.27. The molecule has 0 spiro atoms. The summed E-state index contributed by atoms with van der Waals surface area (Å²) in [5, 5.41) is 0. The van der Waals surface area contributed by atoms with E-state index in [0.717, 1.165) is 0 Å². The molecular weight excluding hydrogens is 294 g/mol. The lowest BCUT2D eigenvalue weighted by Gasteiger charge is -2.15. The Morgan fingerprint density at radius 1 is 0.600 bits per heavy atom. The lowest BCUT2D eigenvalue weighted by molar-refractivity contribution is -0.00461. The fourth-order valence-corrected chi connectivity index (χ4v) is 10.1. The van der Waals surface area contributed by atoms with Crippen LogP contribution < -0.4 is 0 Å². The predicted octanol–water partition coefficient (Wildman–Crippen LogP) is 2.04. The topological polar surface area (TPSA) is 36.9 Å². The van der Waals surface area contributed by atoms with Crippen LogP contribution in [-0.2, 0) is 18.9 Å². The zero-order chi connectivity index (χ0) is 14.5. The van der Waals surface area contributed by atoms with E-state index in [-0.39, 0.29) is 15.8 Å². The summed E-state index contributed by atoms with van der Waals surface area (Å²) in [6.07, 6.45) is 8.89. The first-order chi connectivity index (χ1) is 9.71. The highest BCUT2D eigenvalue weighted by Crippen LogP contribution is 2.51. The molecule has 118 valence electrons. The van der Waals surface area contributed by atoms with Crippen LogP contribution in [0.15, 0.2) is 0 Å². The maximum Gasteiger partial charge on any atom is 0.0875 e. The average Bonchev–Trinajstić information content (AvgIpc) is 3.07. The molecule has 2 fully saturated rings. The molecule has 4 nitrogen and oxygen atoms in total. The smallest absolute Gasteiger partial charge is 0.0875 e. The third kappa shape index (κ3) is 4.12. The van der Waals surface area contributed by atoms with E-state index in [1.54, 1.807) is 0 Å². The zero-order valence-corrected chi connectivity index (χ0v) is 14.9. The summed E-state index contributed by atoms with van der Waals surface area (Å²) in [6, 6.07) is 0. The minimum Gasteiger partial charge on any atom is -0.378 e. The van der Waals surface area contributed by atoms with Gasteiger partial charge < -0.3 is 18.9 Å². The molecule has 0 amide bonds. The van der Waals surface area contributed by atoms with Gasteiger partial charge in [-0.15, -0.1) is 15.8 Å². The monoisotopic (exact) mass is 322 g/mol. The Balaban J connectivity index is 1.74. The van der Waals surface area contributed by atoms with Crippen molar-refractivity contribution in [3.8, 4) is 0 Å². The Morgan fingerprint density at radius 3 is 1.05 bits per heavy atom. The predicted molar refractivity (Wildman–Crippen MR) is 86.2 cm³/mol. The van der Waals surface area contributed by atoms with Crippen molar-refractivity contribution in [2.45, 2.75) is 24.4 Å². The number of ether oxygens (including phenoxy) is 4. The Kier molecular flexibility index (Phi) is 7.13. The van der Waals surface area contributed by atoms with Crippen LogP contribution in [0.25, 0.3) is 0 Å². The fraction of sp³-hybridized carbons (Fsp3) is 1.00. The maximum atomic E-state index is 5.54. The Labute approximate surface area is 125 Å². The molecule has 0 aromatic rings. The number of hydrogen-bond acceptors (Lipinski definition) is 4. The molecule has 0 bridgehead atoms. The third-order valence-electron chi connectivity index (χ3n) is 4.53. The van der Waals surface area contributed by atoms with Crippen LogP contribution in [0.3, 0.4) is 0 Å². The van der Waals surface area contributed by atoms with E-state index >= 15 is 0 Å². The molecule has 2 saturated heterocycles. The Hall–Kier alpha value is 0.700. The van der Waals surface area contributed by atoms with Crippen molar-refractivity contribution in [1.29, 1.82) is 0 Å². The summed E-state index contributed by atoms with van der Waals surface area (Å²) in [5.41, 5.74) is 0. The molecule has 4 atom stereocenters. The molecule has 0 N–H and O–H groups in total. The van der Waals surface area contributed by atoms with Crippen molar-refractivity contribution >= 4 is 15.8 Å². The summed E-state index contributed by atoms with van der Waals surface area (Å²) in [6.45, 7) is 0. The van der Waals surface area contributed by atoms with Crippen molar-refractivity contribution in [3.05, 3.63) is 0 Å². The highest BCUT2D eigenvalue weighted by atomic mass is 31.1. The van der Waals surface area contributed by atoms with Gasteiger partial charge in [0, 0.05) is 28.4 Å². The molecule has 20 heavy (non-hydrogen) atoms. The summed E-state index contributed by atoms with van der Waals surface area (Å²) in [5.74, 6) is 0. The summed E-state index contributed by atoms with van der Waals surface area (Å²) >= 11 is 0. The molecule has 0 saturated carbocycles. The van der Waals surface area contributed by atoms with Gasteiger partial charge in [-0.2, -0.15) is 0 Å². The normalized spacial score (nSPS) is 36.0. The third-order valence-corrected chi connectivity index (χ3v) is 10.1. The lowest BCUT2D eigenvalue weighted by Crippen LogP contribution is -2.27. The van der Waals surface area contributed by atoms with Crippen LogP contribution in [0.4, 0.5) is 0 Å². The van der Waals surface area contributed by atoms with Crippen molar-refractivity contribution in [3.63, 3.8) is 0 Å². The highest BCUT2D eigenvalue weighted by Gasteiger charge is 2.37. The first-order valence-corrected chi connectivity index (χ1v) is 11.1. The summed E-state index contributed by atoms with van der Waals surface area (Å²) < 4.78 is 22.2. The van der Waals surface area contributed by atoms with E-state index in [2.05, 4.69) is 0 Å². The highest BCUT2D eigenvalue weighted by molar-refractivity contribution is 7.62. The molecule has 0 aliphatic carbocycles. The standard InChI is InChI=1S/C14H28O4P2/c1-15-11-7-19(8-12(11)16-2)5-6-20-9-13(17-3)14(10-20)18-4/h11-14H,5-10H2,1-4H3/t11-,12-,13-,14-/m1/s1. The SMILES string of the molecule is CO[C@@H]1CP(CCP2C[C@@H](OC)[C@H](OC)C2)C[C@H]1OC. The van der Waals surface area contributed by atoms with Crippen molar-refractivity contribution in [2.24, 2.45) is 0 Å². The molecule has 2 rings (SSSR count). The summed E-state index contributed by atoms with van der Waals surface area (Å²) in [7, 11) is 7.43. The van der Waals surface area contributed by atoms with Gasteiger partial charge in [-0.25, -0.2) is 0 Å². The zero-order valence-electron chi connectivity index (χ0n) is 13.1. The van der Waals surface area contributed by atoms with Gasteiger partial charge in [0.05, 0.1) is 24.4 Å². The van der Waals surface area contributed by atoms with E-state index in [9.17, 15) is 0 Å². The largest absolute Gasteiger partial charge is 0.378 e. The molecule has 0 unspecified atom stereocenters. The summed E-state index contributed by atoms with van der Waals surface area (Å²) in [4.78, 5) is 0. The van der Waals surface area contributed by atoms with Crippen LogP contribution in [0, 0.1) is 0 Å². The quantitative estimate of drug-likeness (QED) is 0.672. The second kappa shape index (κ2) is 8.36. The number of rotatable bonds is 7. The minimum absolute atomic E-state index is 0.0959. The molecule has 6 heteroatoms. The van der Waals surface area contributed by atoms with Crippen LogP contribution in [-0.4, -0.2) is 89.8 Å². The second-order valence-corrected chi connectivity index (χ2v) is 10.7. The van der Waals surface area contributed by atoms with Crippen molar-refractivity contribution in [1.82, 2.24) is 0 Å². The van der Waals surface area contributed by atoms with Gasteiger partial charge in [0.15, 0.2) is 0 Å². The maximum absolute atomic E-state index is 5.54. The molecule has 2 aliphatic rings. The molecule has 0 radical (unpaired) electrons. The van der Waals surface area contributed by atoms with E-state index in [1.807, 2.05) is 28.4 Å². The van der Waals surface area contributed by atoms with Crippen LogP contribution in [0.5, 0.6) is 0 Å². The van der Waals surface area contributed by atoms with Gasteiger partial charge in [0.25, 0.3) is 0 Å². The molecule has 0 aromatic heterocycles. The van der Waals surface area contributed by atoms with E-state index in [4.69, 9.17) is 18.9 Å². The number of hydrogen-bond donors (Lipinski definition) is 0. The van der Waals surface area contributed by atoms with E-state index < -0.39 is 0 Å². The molecule has 0 aromatic carbocycles. The van der Waals surface area contributed by atoms with E-state index in [0.29, 0.717) is 24.4 Å². The Morgan fingerprint density at radius 2 is 0.850 bits per heavy atom. The van der Waals surface area contributed by atoms with Crippen LogP contribution >= 0.6 is 15.8 Å². The first kappa shape index (κ1) is 17.1.